The van der Waals surface area contributed by atoms with E-state index in [9.17, 15) is 26.7 Å². The standard InChI is InChI=1S/C15H9F5O/c1-8-2-3-10(7-13(8)17)14(21)9-4-5-12(16)11(6-9)15(18,19)20/h2-7H,1H3. The van der Waals surface area contributed by atoms with Crippen LogP contribution in [0.5, 0.6) is 0 Å². The molecule has 0 aromatic heterocycles. The third-order valence-electron chi connectivity index (χ3n) is 2.97. The lowest BCUT2D eigenvalue weighted by molar-refractivity contribution is -0.140. The van der Waals surface area contributed by atoms with Crippen LogP contribution in [-0.4, -0.2) is 5.78 Å². The zero-order valence-electron chi connectivity index (χ0n) is 10.8. The molecule has 6 heteroatoms. The highest BCUT2D eigenvalue weighted by Gasteiger charge is 2.34. The van der Waals surface area contributed by atoms with Gasteiger partial charge in [-0.05, 0) is 36.8 Å². The number of halogens is 5. The summed E-state index contributed by atoms with van der Waals surface area (Å²) in [4.78, 5) is 12.0. The van der Waals surface area contributed by atoms with Crippen molar-refractivity contribution in [1.29, 1.82) is 0 Å². The maximum Gasteiger partial charge on any atom is 0.419 e. The Morgan fingerprint density at radius 2 is 1.48 bits per heavy atom. The minimum absolute atomic E-state index is 0.0992. The minimum Gasteiger partial charge on any atom is -0.289 e. The Hall–Kier alpha value is -2.24. The van der Waals surface area contributed by atoms with Crippen LogP contribution in [0.15, 0.2) is 36.4 Å². The predicted octanol–water partition coefficient (Wildman–Crippen LogP) is 4.52. The van der Waals surface area contributed by atoms with Crippen molar-refractivity contribution in [2.24, 2.45) is 0 Å². The molecule has 0 N–H and O–H groups in total. The molecule has 0 amide bonds. The van der Waals surface area contributed by atoms with Gasteiger partial charge in [-0.25, -0.2) is 8.78 Å². The summed E-state index contributed by atoms with van der Waals surface area (Å²) in [5.74, 6) is -2.91. The molecular formula is C15H9F5O. The molecule has 0 heterocycles. The smallest absolute Gasteiger partial charge is 0.289 e. The lowest BCUT2D eigenvalue weighted by atomic mass is 10.00. The minimum atomic E-state index is -4.90. The summed E-state index contributed by atoms with van der Waals surface area (Å²) in [5.41, 5.74) is -1.67. The van der Waals surface area contributed by atoms with Gasteiger partial charge in [0.05, 0.1) is 5.56 Å². The summed E-state index contributed by atoms with van der Waals surface area (Å²) in [6.07, 6.45) is -4.90. The summed E-state index contributed by atoms with van der Waals surface area (Å²) < 4.78 is 64.4. The summed E-state index contributed by atoms with van der Waals surface area (Å²) in [7, 11) is 0. The molecule has 110 valence electrons. The molecule has 2 rings (SSSR count). The lowest BCUT2D eigenvalue weighted by Crippen LogP contribution is -2.11. The third kappa shape index (κ3) is 3.09. The van der Waals surface area contributed by atoms with Crippen LogP contribution in [0.4, 0.5) is 22.0 Å². The maximum atomic E-state index is 13.4. The SMILES string of the molecule is Cc1ccc(C(=O)c2ccc(F)c(C(F)(F)F)c2)cc1F. The molecule has 0 bridgehead atoms. The molecule has 21 heavy (non-hydrogen) atoms. The van der Waals surface area contributed by atoms with Crippen LogP contribution in [-0.2, 0) is 6.18 Å². The van der Waals surface area contributed by atoms with Crippen LogP contribution in [0, 0.1) is 18.6 Å². The van der Waals surface area contributed by atoms with Crippen LogP contribution in [0.3, 0.4) is 0 Å². The summed E-state index contributed by atoms with van der Waals surface area (Å²) in [6, 6.07) is 5.52. The molecule has 0 fully saturated rings. The van der Waals surface area contributed by atoms with Gasteiger partial charge in [0.25, 0.3) is 0 Å². The van der Waals surface area contributed by atoms with E-state index in [4.69, 9.17) is 0 Å². The van der Waals surface area contributed by atoms with Gasteiger partial charge in [0.2, 0.25) is 0 Å². The molecule has 0 radical (unpaired) electrons. The topological polar surface area (TPSA) is 17.1 Å². The van der Waals surface area contributed by atoms with Gasteiger partial charge in [-0.3, -0.25) is 4.79 Å². The van der Waals surface area contributed by atoms with E-state index in [1.54, 1.807) is 0 Å². The van der Waals surface area contributed by atoms with Gasteiger partial charge in [-0.15, -0.1) is 0 Å². The van der Waals surface area contributed by atoms with E-state index < -0.39 is 29.2 Å². The van der Waals surface area contributed by atoms with Gasteiger partial charge in [-0.2, -0.15) is 13.2 Å². The Bertz CT molecular complexity index is 704. The number of rotatable bonds is 2. The van der Waals surface area contributed by atoms with Crippen LogP contribution in [0.25, 0.3) is 0 Å². The van der Waals surface area contributed by atoms with Crippen molar-refractivity contribution in [3.63, 3.8) is 0 Å². The highest BCUT2D eigenvalue weighted by atomic mass is 19.4. The first-order chi connectivity index (χ1) is 9.70. The molecule has 0 aliphatic carbocycles. The maximum absolute atomic E-state index is 13.4. The van der Waals surface area contributed by atoms with E-state index in [-0.39, 0.29) is 11.1 Å². The van der Waals surface area contributed by atoms with Crippen molar-refractivity contribution in [2.45, 2.75) is 13.1 Å². The number of ketones is 1. The molecule has 0 saturated heterocycles. The summed E-state index contributed by atoms with van der Waals surface area (Å²) in [5, 5.41) is 0. The second-order valence-electron chi connectivity index (χ2n) is 4.49. The molecule has 0 spiro atoms. The molecule has 1 nitrogen and oxygen atoms in total. The Morgan fingerprint density at radius 3 is 2.05 bits per heavy atom. The van der Waals surface area contributed by atoms with Crippen molar-refractivity contribution < 1.29 is 26.7 Å². The second kappa shape index (κ2) is 5.27. The monoisotopic (exact) mass is 300 g/mol. The fourth-order valence-corrected chi connectivity index (χ4v) is 1.78. The largest absolute Gasteiger partial charge is 0.419 e. The zero-order chi connectivity index (χ0) is 15.8. The first-order valence-corrected chi connectivity index (χ1v) is 5.88. The number of carbonyl (C=O) groups is 1. The van der Waals surface area contributed by atoms with Crippen LogP contribution < -0.4 is 0 Å². The van der Waals surface area contributed by atoms with Crippen LogP contribution in [0.1, 0.15) is 27.0 Å². The fraction of sp³-hybridized carbons (Fsp3) is 0.133. The quantitative estimate of drug-likeness (QED) is 0.588. The fourth-order valence-electron chi connectivity index (χ4n) is 1.78. The molecule has 0 atom stereocenters. The zero-order valence-corrected chi connectivity index (χ0v) is 10.8. The number of benzene rings is 2. The highest BCUT2D eigenvalue weighted by molar-refractivity contribution is 6.09. The highest BCUT2D eigenvalue weighted by Crippen LogP contribution is 2.32. The molecule has 0 saturated carbocycles. The van der Waals surface area contributed by atoms with Gasteiger partial charge in [0, 0.05) is 11.1 Å². The molecule has 0 aliphatic heterocycles. The van der Waals surface area contributed by atoms with Crippen LogP contribution >= 0.6 is 0 Å². The van der Waals surface area contributed by atoms with Gasteiger partial charge < -0.3 is 0 Å². The number of carbonyl (C=O) groups excluding carboxylic acids is 1. The first-order valence-electron chi connectivity index (χ1n) is 5.88. The van der Waals surface area contributed by atoms with Gasteiger partial charge in [-0.1, -0.05) is 12.1 Å². The van der Waals surface area contributed by atoms with E-state index in [0.29, 0.717) is 17.7 Å². The molecule has 2 aromatic rings. The van der Waals surface area contributed by atoms with E-state index >= 15 is 0 Å². The number of hydrogen-bond donors (Lipinski definition) is 0. The number of aryl methyl sites for hydroxylation is 1. The third-order valence-corrected chi connectivity index (χ3v) is 2.97. The van der Waals surface area contributed by atoms with Crippen molar-refractivity contribution in [2.75, 3.05) is 0 Å². The summed E-state index contributed by atoms with van der Waals surface area (Å²) in [6.45, 7) is 1.49. The van der Waals surface area contributed by atoms with E-state index in [2.05, 4.69) is 0 Å². The first kappa shape index (κ1) is 15.2. The molecule has 0 aliphatic rings. The van der Waals surface area contributed by atoms with Crippen molar-refractivity contribution >= 4 is 5.78 Å². The van der Waals surface area contributed by atoms with Crippen LogP contribution in [0.2, 0.25) is 0 Å². The lowest BCUT2D eigenvalue weighted by Gasteiger charge is -2.10. The van der Waals surface area contributed by atoms with E-state index in [1.165, 1.54) is 19.1 Å². The van der Waals surface area contributed by atoms with Gasteiger partial charge in [0.15, 0.2) is 5.78 Å². The Morgan fingerprint density at radius 1 is 0.905 bits per heavy atom. The summed E-state index contributed by atoms with van der Waals surface area (Å²) >= 11 is 0. The Labute approximate surface area is 117 Å². The molecule has 0 unspecified atom stereocenters. The van der Waals surface area contributed by atoms with E-state index in [0.717, 1.165) is 12.1 Å². The predicted molar refractivity (Wildman–Crippen MR) is 66.0 cm³/mol. The van der Waals surface area contributed by atoms with Crippen molar-refractivity contribution in [3.05, 3.63) is 70.3 Å². The Kier molecular flexibility index (Phi) is 3.80. The normalized spacial score (nSPS) is 11.5. The number of alkyl halides is 3. The number of hydrogen-bond acceptors (Lipinski definition) is 1. The molecule has 2 aromatic carbocycles. The van der Waals surface area contributed by atoms with Gasteiger partial charge >= 0.3 is 6.18 Å². The van der Waals surface area contributed by atoms with Gasteiger partial charge in [0.1, 0.15) is 11.6 Å². The van der Waals surface area contributed by atoms with E-state index in [1.807, 2.05) is 0 Å². The average molecular weight is 300 g/mol. The average Bonchev–Trinajstić information content (AvgIpc) is 2.40. The Balaban J connectivity index is 2.46. The second-order valence-corrected chi connectivity index (χ2v) is 4.49. The molecular weight excluding hydrogens is 291 g/mol. The van der Waals surface area contributed by atoms with Crippen molar-refractivity contribution in [1.82, 2.24) is 0 Å². The van der Waals surface area contributed by atoms with Crippen molar-refractivity contribution in [3.8, 4) is 0 Å².